The van der Waals surface area contributed by atoms with Gasteiger partial charge in [-0.25, -0.2) is 14.6 Å². The minimum absolute atomic E-state index is 1.08. The van der Waals surface area contributed by atoms with Crippen LogP contribution in [0.1, 0.15) is 0 Å². The summed E-state index contributed by atoms with van der Waals surface area (Å²) < 4.78 is 2.04. The number of nitrogens with zero attached hydrogens (tertiary/aromatic N) is 2. The number of thiophene rings is 1. The number of aliphatic carboxylic acids is 2. The Balaban J connectivity index is 0.000000254. The fourth-order valence-corrected chi connectivity index (χ4v) is 3.15. The van der Waals surface area contributed by atoms with Gasteiger partial charge in [-0.05, 0) is 17.5 Å². The molecule has 0 amide bonds. The Labute approximate surface area is 133 Å². The third kappa shape index (κ3) is 4.03. The summed E-state index contributed by atoms with van der Waals surface area (Å²) in [6, 6.07) is 6.26. The number of carbonyl (C=O) groups is 2. The van der Waals surface area contributed by atoms with Gasteiger partial charge in [0.1, 0.15) is 5.01 Å². The molecule has 0 aliphatic rings. The van der Waals surface area contributed by atoms with Crippen molar-refractivity contribution in [3.63, 3.8) is 0 Å². The number of carboxylic acids is 2. The smallest absolute Gasteiger partial charge is 0.414 e. The molecule has 0 aliphatic heterocycles. The van der Waals surface area contributed by atoms with Crippen molar-refractivity contribution >= 4 is 34.6 Å². The van der Waals surface area contributed by atoms with Gasteiger partial charge >= 0.3 is 11.9 Å². The first-order chi connectivity index (χ1) is 10.5. The largest absolute Gasteiger partial charge is 0.473 e. The molecule has 0 saturated carbocycles. The highest BCUT2D eigenvalue weighted by atomic mass is 32.1. The maximum atomic E-state index is 9.10. The normalized spacial score (nSPS) is 9.86. The molecule has 8 heteroatoms. The van der Waals surface area contributed by atoms with Crippen LogP contribution in [0, 0.1) is 0 Å². The van der Waals surface area contributed by atoms with Crippen LogP contribution in [0.25, 0.3) is 21.1 Å². The number of hydrogen-bond acceptors (Lipinski definition) is 5. The highest BCUT2D eigenvalue weighted by Gasteiger charge is 2.07. The van der Waals surface area contributed by atoms with Crippen molar-refractivity contribution < 1.29 is 19.8 Å². The van der Waals surface area contributed by atoms with Crippen LogP contribution in [-0.2, 0) is 16.6 Å². The Hall–Kier alpha value is -2.45. The van der Waals surface area contributed by atoms with E-state index in [4.69, 9.17) is 19.8 Å². The zero-order valence-corrected chi connectivity index (χ0v) is 13.1. The molecule has 2 N–H and O–H groups in total. The van der Waals surface area contributed by atoms with Crippen molar-refractivity contribution in [1.82, 2.24) is 9.55 Å². The quantitative estimate of drug-likeness (QED) is 0.702. The SMILES string of the molecule is Cn1ccc(-c2nc(-c3cccs3)cs2)c1.O=C(O)C(=O)O. The summed E-state index contributed by atoms with van der Waals surface area (Å²) in [6.45, 7) is 0. The lowest BCUT2D eigenvalue weighted by molar-refractivity contribution is -0.159. The number of thiazole rings is 1. The topological polar surface area (TPSA) is 92.4 Å². The van der Waals surface area contributed by atoms with Crippen molar-refractivity contribution in [2.45, 2.75) is 0 Å². The van der Waals surface area contributed by atoms with E-state index in [1.54, 1.807) is 22.7 Å². The van der Waals surface area contributed by atoms with Crippen molar-refractivity contribution in [3.8, 4) is 21.1 Å². The summed E-state index contributed by atoms with van der Waals surface area (Å²) in [5.41, 5.74) is 2.27. The van der Waals surface area contributed by atoms with E-state index in [0.717, 1.165) is 10.7 Å². The van der Waals surface area contributed by atoms with E-state index in [1.165, 1.54) is 10.4 Å². The Bertz CT molecular complexity index is 762. The standard InChI is InChI=1S/C12H10N2S2.C2H2O4/c1-14-5-4-9(7-14)12-13-10(8-16-12)11-3-2-6-15-11;3-1(4)2(5)6/h2-8H,1H3;(H,3,4)(H,5,6). The number of hydrogen-bond donors (Lipinski definition) is 2. The predicted molar refractivity (Wildman–Crippen MR) is 85.1 cm³/mol. The molecule has 3 aromatic rings. The molecule has 3 aromatic heterocycles. The molecule has 3 rings (SSSR count). The molecule has 0 aromatic carbocycles. The highest BCUT2D eigenvalue weighted by Crippen LogP contribution is 2.30. The summed E-state index contributed by atoms with van der Waals surface area (Å²) >= 11 is 3.43. The van der Waals surface area contributed by atoms with Crippen LogP contribution in [0.2, 0.25) is 0 Å². The van der Waals surface area contributed by atoms with Crippen molar-refractivity contribution in [2.24, 2.45) is 7.05 Å². The van der Waals surface area contributed by atoms with Crippen molar-refractivity contribution in [1.29, 1.82) is 0 Å². The van der Waals surface area contributed by atoms with Gasteiger partial charge in [-0.3, -0.25) is 0 Å². The van der Waals surface area contributed by atoms with Crippen LogP contribution in [-0.4, -0.2) is 31.7 Å². The monoisotopic (exact) mass is 336 g/mol. The van der Waals surface area contributed by atoms with Crippen LogP contribution < -0.4 is 0 Å². The summed E-state index contributed by atoms with van der Waals surface area (Å²) in [4.78, 5) is 24.1. The number of rotatable bonds is 2. The molecule has 0 aliphatic carbocycles. The lowest BCUT2D eigenvalue weighted by atomic mass is 10.3. The van der Waals surface area contributed by atoms with Gasteiger partial charge < -0.3 is 14.8 Å². The van der Waals surface area contributed by atoms with Crippen LogP contribution in [0.5, 0.6) is 0 Å². The fraction of sp³-hybridized carbons (Fsp3) is 0.0714. The minimum Gasteiger partial charge on any atom is -0.473 e. The molecular weight excluding hydrogens is 324 g/mol. The number of aryl methyl sites for hydroxylation is 1. The van der Waals surface area contributed by atoms with E-state index in [2.05, 4.69) is 40.1 Å². The first-order valence-corrected chi connectivity index (χ1v) is 7.81. The Morgan fingerprint density at radius 3 is 2.41 bits per heavy atom. The summed E-state index contributed by atoms with van der Waals surface area (Å²) in [5.74, 6) is -3.65. The zero-order valence-electron chi connectivity index (χ0n) is 11.5. The highest BCUT2D eigenvalue weighted by molar-refractivity contribution is 7.15. The molecule has 0 bridgehead atoms. The second-order valence-electron chi connectivity index (χ2n) is 4.19. The van der Waals surface area contributed by atoms with Gasteiger partial charge in [0.15, 0.2) is 0 Å². The molecule has 0 radical (unpaired) electrons. The van der Waals surface area contributed by atoms with Gasteiger partial charge in [0, 0.05) is 30.4 Å². The molecule has 0 saturated heterocycles. The molecule has 3 heterocycles. The summed E-state index contributed by atoms with van der Waals surface area (Å²) in [7, 11) is 2.03. The minimum atomic E-state index is -1.82. The van der Waals surface area contributed by atoms with Gasteiger partial charge in [-0.2, -0.15) is 0 Å². The second-order valence-corrected chi connectivity index (χ2v) is 6.00. The molecule has 0 fully saturated rings. The molecule has 22 heavy (non-hydrogen) atoms. The maximum absolute atomic E-state index is 9.10. The van der Waals surface area contributed by atoms with Crippen molar-refractivity contribution in [3.05, 3.63) is 41.4 Å². The molecule has 0 spiro atoms. The average Bonchev–Trinajstić information content (AvgIpc) is 3.19. The summed E-state index contributed by atoms with van der Waals surface area (Å²) in [6.07, 6.45) is 4.14. The summed E-state index contributed by atoms with van der Waals surface area (Å²) in [5, 5.41) is 20.1. The Morgan fingerprint density at radius 1 is 1.18 bits per heavy atom. The van der Waals surface area contributed by atoms with Gasteiger partial charge in [-0.15, -0.1) is 22.7 Å². The Morgan fingerprint density at radius 2 is 1.91 bits per heavy atom. The predicted octanol–water partition coefficient (Wildman–Crippen LogP) is 3.03. The van der Waals surface area contributed by atoms with Gasteiger partial charge in [0.2, 0.25) is 0 Å². The molecule has 6 nitrogen and oxygen atoms in total. The van der Waals surface area contributed by atoms with Gasteiger partial charge in [0.25, 0.3) is 0 Å². The van der Waals surface area contributed by atoms with E-state index in [-0.39, 0.29) is 0 Å². The molecular formula is C14H12N2O4S2. The number of aromatic nitrogens is 2. The third-order valence-electron chi connectivity index (χ3n) is 2.54. The first kappa shape index (κ1) is 15.9. The average molecular weight is 336 g/mol. The molecule has 0 atom stereocenters. The van der Waals surface area contributed by atoms with E-state index >= 15 is 0 Å². The van der Waals surface area contributed by atoms with Crippen LogP contribution >= 0.6 is 22.7 Å². The maximum Gasteiger partial charge on any atom is 0.414 e. The lowest BCUT2D eigenvalue weighted by Gasteiger charge is -1.89. The fourth-order valence-electron chi connectivity index (χ4n) is 1.57. The first-order valence-electron chi connectivity index (χ1n) is 6.05. The molecule has 114 valence electrons. The van der Waals surface area contributed by atoms with E-state index in [9.17, 15) is 0 Å². The van der Waals surface area contributed by atoms with E-state index < -0.39 is 11.9 Å². The van der Waals surface area contributed by atoms with Gasteiger partial charge in [0.05, 0.1) is 10.6 Å². The van der Waals surface area contributed by atoms with Crippen LogP contribution in [0.4, 0.5) is 0 Å². The van der Waals surface area contributed by atoms with E-state index in [1.807, 2.05) is 17.8 Å². The van der Waals surface area contributed by atoms with E-state index in [0.29, 0.717) is 0 Å². The van der Waals surface area contributed by atoms with Crippen LogP contribution in [0.3, 0.4) is 0 Å². The lowest BCUT2D eigenvalue weighted by Crippen LogP contribution is -2.09. The van der Waals surface area contributed by atoms with Gasteiger partial charge in [-0.1, -0.05) is 6.07 Å². The third-order valence-corrected chi connectivity index (χ3v) is 4.32. The Kier molecular flexibility index (Phi) is 5.08. The van der Waals surface area contributed by atoms with Crippen LogP contribution in [0.15, 0.2) is 41.4 Å². The van der Waals surface area contributed by atoms with Crippen molar-refractivity contribution in [2.75, 3.05) is 0 Å². The number of carboxylic acid groups (broad SMARTS) is 2. The molecule has 0 unspecified atom stereocenters. The zero-order chi connectivity index (χ0) is 16.1. The second kappa shape index (κ2) is 7.01.